The van der Waals surface area contributed by atoms with Crippen molar-refractivity contribution in [3.8, 4) is 10.6 Å². The van der Waals surface area contributed by atoms with E-state index in [9.17, 15) is 9.90 Å². The molecule has 1 aliphatic rings. The Morgan fingerprint density at radius 3 is 2.85 bits per heavy atom. The highest BCUT2D eigenvalue weighted by atomic mass is 32.1. The van der Waals surface area contributed by atoms with Gasteiger partial charge in [0, 0.05) is 0 Å². The number of carbonyl (C=O) groups is 1. The zero-order valence-corrected chi connectivity index (χ0v) is 11.9. The molecule has 0 saturated heterocycles. The monoisotopic (exact) mass is 291 g/mol. The van der Waals surface area contributed by atoms with Crippen LogP contribution in [0.4, 0.5) is 0 Å². The Balaban J connectivity index is 1.86. The lowest BCUT2D eigenvalue weighted by Crippen LogP contribution is -2.29. The van der Waals surface area contributed by atoms with E-state index in [1.807, 2.05) is 17.5 Å². The molecule has 20 heavy (non-hydrogen) atoms. The molecule has 0 bridgehead atoms. The van der Waals surface area contributed by atoms with Gasteiger partial charge in [-0.15, -0.1) is 16.4 Å². The molecule has 0 amide bonds. The Labute approximate surface area is 121 Å². The summed E-state index contributed by atoms with van der Waals surface area (Å²) in [6.07, 6.45) is 7.12. The van der Waals surface area contributed by atoms with E-state index in [0.717, 1.165) is 36.3 Å². The van der Waals surface area contributed by atoms with Gasteiger partial charge in [-0.1, -0.05) is 30.5 Å². The first-order valence-electron chi connectivity index (χ1n) is 6.94. The van der Waals surface area contributed by atoms with Crippen LogP contribution in [-0.2, 0) is 4.79 Å². The fourth-order valence-corrected chi connectivity index (χ4v) is 3.61. The van der Waals surface area contributed by atoms with Crippen LogP contribution in [0.15, 0.2) is 23.7 Å². The Morgan fingerprint density at radius 2 is 2.20 bits per heavy atom. The summed E-state index contributed by atoms with van der Waals surface area (Å²) in [5.74, 6) is -0.640. The molecule has 2 aromatic rings. The SMILES string of the molecule is O=C(O)C(C1CCCCC1)n1cc(-c2cccs2)nn1. The van der Waals surface area contributed by atoms with E-state index in [1.165, 1.54) is 11.1 Å². The van der Waals surface area contributed by atoms with Crippen LogP contribution in [0.5, 0.6) is 0 Å². The summed E-state index contributed by atoms with van der Waals surface area (Å²) < 4.78 is 1.54. The first-order valence-corrected chi connectivity index (χ1v) is 7.82. The van der Waals surface area contributed by atoms with Crippen molar-refractivity contribution in [1.29, 1.82) is 0 Å². The molecule has 6 heteroatoms. The summed E-state index contributed by atoms with van der Waals surface area (Å²) in [5.41, 5.74) is 0.752. The Morgan fingerprint density at radius 1 is 1.40 bits per heavy atom. The lowest BCUT2D eigenvalue weighted by Gasteiger charge is -2.27. The van der Waals surface area contributed by atoms with Crippen molar-refractivity contribution in [2.75, 3.05) is 0 Å². The van der Waals surface area contributed by atoms with Gasteiger partial charge in [0.05, 0.1) is 11.1 Å². The summed E-state index contributed by atoms with van der Waals surface area (Å²) in [5, 5.41) is 19.7. The Kier molecular flexibility index (Phi) is 3.82. The van der Waals surface area contributed by atoms with E-state index >= 15 is 0 Å². The topological polar surface area (TPSA) is 68.0 Å². The standard InChI is InChI=1S/C14H17N3O2S/c18-14(19)13(10-5-2-1-3-6-10)17-9-11(15-16-17)12-7-4-8-20-12/h4,7-10,13H,1-3,5-6H2,(H,18,19). The zero-order chi connectivity index (χ0) is 13.9. The highest BCUT2D eigenvalue weighted by molar-refractivity contribution is 7.13. The van der Waals surface area contributed by atoms with E-state index in [0.29, 0.717) is 0 Å². The number of hydrogen-bond acceptors (Lipinski definition) is 4. The molecule has 0 aliphatic heterocycles. The first-order chi connectivity index (χ1) is 9.75. The summed E-state index contributed by atoms with van der Waals surface area (Å²) in [4.78, 5) is 12.6. The van der Waals surface area contributed by atoms with Crippen molar-refractivity contribution in [2.24, 2.45) is 5.92 Å². The quantitative estimate of drug-likeness (QED) is 0.939. The predicted octanol–water partition coefficient (Wildman–Crippen LogP) is 3.21. The highest BCUT2D eigenvalue weighted by Crippen LogP contribution is 2.33. The maximum atomic E-state index is 11.6. The van der Waals surface area contributed by atoms with Gasteiger partial charge >= 0.3 is 5.97 Å². The minimum atomic E-state index is -0.806. The molecular formula is C14H17N3O2S. The zero-order valence-electron chi connectivity index (χ0n) is 11.1. The molecule has 5 nitrogen and oxygen atoms in total. The third-order valence-corrected chi connectivity index (χ3v) is 4.81. The van der Waals surface area contributed by atoms with Gasteiger partial charge in [-0.25, -0.2) is 9.48 Å². The molecule has 3 rings (SSSR count). The van der Waals surface area contributed by atoms with Crippen LogP contribution >= 0.6 is 11.3 Å². The molecule has 0 spiro atoms. The number of carboxylic acid groups (broad SMARTS) is 1. The predicted molar refractivity (Wildman–Crippen MR) is 76.6 cm³/mol. The molecule has 1 aliphatic carbocycles. The van der Waals surface area contributed by atoms with Crippen LogP contribution in [-0.4, -0.2) is 26.1 Å². The number of carboxylic acids is 1. The van der Waals surface area contributed by atoms with Crippen LogP contribution in [0.2, 0.25) is 0 Å². The maximum absolute atomic E-state index is 11.6. The lowest BCUT2D eigenvalue weighted by atomic mass is 9.84. The van der Waals surface area contributed by atoms with Gasteiger partial charge in [0.2, 0.25) is 0 Å². The van der Waals surface area contributed by atoms with Gasteiger partial charge in [-0.2, -0.15) is 0 Å². The van der Waals surface area contributed by atoms with Crippen LogP contribution in [0.3, 0.4) is 0 Å². The summed E-state index contributed by atoms with van der Waals surface area (Å²) >= 11 is 1.58. The third-order valence-electron chi connectivity index (χ3n) is 3.92. The van der Waals surface area contributed by atoms with Crippen molar-refractivity contribution < 1.29 is 9.90 Å². The smallest absolute Gasteiger partial charge is 0.328 e. The molecular weight excluding hydrogens is 274 g/mol. The summed E-state index contributed by atoms with van der Waals surface area (Å²) in [6, 6.07) is 3.33. The third kappa shape index (κ3) is 2.60. The fraction of sp³-hybridized carbons (Fsp3) is 0.500. The molecule has 1 saturated carbocycles. The van der Waals surface area contributed by atoms with E-state index < -0.39 is 12.0 Å². The van der Waals surface area contributed by atoms with Crippen LogP contribution < -0.4 is 0 Å². The minimum absolute atomic E-state index is 0.166. The highest BCUT2D eigenvalue weighted by Gasteiger charge is 2.32. The molecule has 1 fully saturated rings. The van der Waals surface area contributed by atoms with Gasteiger partial charge in [0.1, 0.15) is 5.69 Å². The van der Waals surface area contributed by atoms with Gasteiger partial charge in [0.25, 0.3) is 0 Å². The van der Waals surface area contributed by atoms with Crippen molar-refractivity contribution in [2.45, 2.75) is 38.1 Å². The van der Waals surface area contributed by atoms with Gasteiger partial charge in [-0.3, -0.25) is 0 Å². The van der Waals surface area contributed by atoms with E-state index in [1.54, 1.807) is 17.5 Å². The number of rotatable bonds is 4. The Hall–Kier alpha value is -1.69. The molecule has 1 unspecified atom stereocenters. The largest absolute Gasteiger partial charge is 0.480 e. The van der Waals surface area contributed by atoms with Crippen molar-refractivity contribution in [3.63, 3.8) is 0 Å². The Bertz CT molecular complexity index is 573. The minimum Gasteiger partial charge on any atom is -0.480 e. The average Bonchev–Trinajstić information content (AvgIpc) is 3.10. The maximum Gasteiger partial charge on any atom is 0.328 e. The number of aromatic nitrogens is 3. The van der Waals surface area contributed by atoms with Crippen molar-refractivity contribution in [1.82, 2.24) is 15.0 Å². The summed E-state index contributed by atoms with van der Waals surface area (Å²) in [7, 11) is 0. The van der Waals surface area contributed by atoms with Crippen LogP contribution in [0, 0.1) is 5.92 Å². The lowest BCUT2D eigenvalue weighted by molar-refractivity contribution is -0.143. The molecule has 2 heterocycles. The molecule has 0 aromatic carbocycles. The fourth-order valence-electron chi connectivity index (χ4n) is 2.93. The van der Waals surface area contributed by atoms with Gasteiger partial charge < -0.3 is 5.11 Å². The molecule has 106 valence electrons. The van der Waals surface area contributed by atoms with E-state index in [4.69, 9.17) is 0 Å². The molecule has 0 radical (unpaired) electrons. The van der Waals surface area contributed by atoms with Crippen molar-refractivity contribution in [3.05, 3.63) is 23.7 Å². The first kappa shape index (κ1) is 13.3. The number of hydrogen-bond donors (Lipinski definition) is 1. The normalized spacial score (nSPS) is 18.0. The van der Waals surface area contributed by atoms with Gasteiger partial charge in [0.15, 0.2) is 6.04 Å². The average molecular weight is 291 g/mol. The second-order valence-corrected chi connectivity index (χ2v) is 6.19. The number of aliphatic carboxylic acids is 1. The molecule has 2 aromatic heterocycles. The van der Waals surface area contributed by atoms with Crippen LogP contribution in [0.1, 0.15) is 38.1 Å². The van der Waals surface area contributed by atoms with E-state index in [-0.39, 0.29) is 5.92 Å². The van der Waals surface area contributed by atoms with Crippen LogP contribution in [0.25, 0.3) is 10.6 Å². The second kappa shape index (κ2) is 5.75. The number of nitrogens with zero attached hydrogens (tertiary/aromatic N) is 3. The second-order valence-electron chi connectivity index (χ2n) is 5.24. The van der Waals surface area contributed by atoms with Crippen molar-refractivity contribution >= 4 is 17.3 Å². The molecule has 1 N–H and O–H groups in total. The van der Waals surface area contributed by atoms with Gasteiger partial charge in [-0.05, 0) is 30.2 Å². The molecule has 1 atom stereocenters. The van der Waals surface area contributed by atoms with E-state index in [2.05, 4.69) is 10.3 Å². The summed E-state index contributed by atoms with van der Waals surface area (Å²) in [6.45, 7) is 0. The number of thiophene rings is 1.